The number of nitrogens with two attached hydrogens (primary N) is 1. The van der Waals surface area contributed by atoms with Crippen LogP contribution in [-0.4, -0.2) is 12.5 Å². The second-order valence-electron chi connectivity index (χ2n) is 4.67. The predicted molar refractivity (Wildman–Crippen MR) is 87.3 cm³/mol. The summed E-state index contributed by atoms with van der Waals surface area (Å²) in [6.07, 6.45) is 0. The van der Waals surface area contributed by atoms with E-state index in [0.29, 0.717) is 12.3 Å². The molecule has 0 aliphatic carbocycles. The Bertz CT molecular complexity index is 627. The molecule has 0 unspecified atom stereocenters. The number of hydrogen-bond donors (Lipinski definition) is 2. The van der Waals surface area contributed by atoms with Gasteiger partial charge in [-0.25, -0.2) is 0 Å². The number of halogens is 1. The summed E-state index contributed by atoms with van der Waals surface area (Å²) in [5.41, 5.74) is 8.40. The number of nitrogens with one attached hydrogen (secondary N) is 1. The minimum atomic E-state index is -0.206. The van der Waals surface area contributed by atoms with E-state index in [2.05, 4.69) is 21.2 Å². The maximum Gasteiger partial charge on any atom is 0.262 e. The number of amides is 1. The topological polar surface area (TPSA) is 64.3 Å². The molecule has 0 aliphatic rings. The molecule has 4 nitrogen and oxygen atoms in total. The average Bonchev–Trinajstić information content (AvgIpc) is 2.48. The molecule has 2 aromatic rings. The lowest BCUT2D eigenvalue weighted by Crippen LogP contribution is -2.20. The first kappa shape index (κ1) is 15.5. The highest BCUT2D eigenvalue weighted by Crippen LogP contribution is 2.23. The van der Waals surface area contributed by atoms with Gasteiger partial charge in [0.05, 0.1) is 5.69 Å². The lowest BCUT2D eigenvalue weighted by molar-refractivity contribution is -0.118. The van der Waals surface area contributed by atoms with E-state index in [9.17, 15) is 4.79 Å². The Labute approximate surface area is 132 Å². The quantitative estimate of drug-likeness (QED) is 0.871. The lowest BCUT2D eigenvalue weighted by Gasteiger charge is -2.09. The molecule has 0 spiro atoms. The monoisotopic (exact) mass is 348 g/mol. The normalized spacial score (nSPS) is 10.2. The molecule has 110 valence electrons. The van der Waals surface area contributed by atoms with Crippen molar-refractivity contribution in [2.45, 2.75) is 13.5 Å². The molecular formula is C16H17BrN2O2. The third-order valence-corrected chi connectivity index (χ3v) is 3.58. The van der Waals surface area contributed by atoms with Crippen molar-refractivity contribution >= 4 is 27.5 Å². The summed E-state index contributed by atoms with van der Waals surface area (Å²) in [7, 11) is 0. The molecule has 0 aliphatic heterocycles. The highest BCUT2D eigenvalue weighted by atomic mass is 79.9. The standard InChI is InChI=1S/C16H17BrN2O2/c1-11-2-7-15(14(17)8-11)19-16(20)10-21-13-5-3-12(9-18)4-6-13/h2-8H,9-10,18H2,1H3,(H,19,20). The number of anilines is 1. The van der Waals surface area contributed by atoms with Crippen LogP contribution in [0.5, 0.6) is 5.75 Å². The Balaban J connectivity index is 1.89. The number of carbonyl (C=O) groups is 1. The van der Waals surface area contributed by atoms with E-state index in [-0.39, 0.29) is 12.5 Å². The molecule has 21 heavy (non-hydrogen) atoms. The second-order valence-corrected chi connectivity index (χ2v) is 5.52. The molecule has 0 saturated carbocycles. The van der Waals surface area contributed by atoms with E-state index in [0.717, 1.165) is 21.3 Å². The summed E-state index contributed by atoms with van der Waals surface area (Å²) in [5, 5.41) is 2.80. The van der Waals surface area contributed by atoms with E-state index in [4.69, 9.17) is 10.5 Å². The van der Waals surface area contributed by atoms with Crippen molar-refractivity contribution < 1.29 is 9.53 Å². The van der Waals surface area contributed by atoms with Crippen LogP contribution >= 0.6 is 15.9 Å². The summed E-state index contributed by atoms with van der Waals surface area (Å²) in [5.74, 6) is 0.438. The predicted octanol–water partition coefficient (Wildman–Crippen LogP) is 3.23. The highest BCUT2D eigenvalue weighted by Gasteiger charge is 2.06. The Morgan fingerprint density at radius 1 is 1.24 bits per heavy atom. The SMILES string of the molecule is Cc1ccc(NC(=O)COc2ccc(CN)cc2)c(Br)c1. The fourth-order valence-electron chi connectivity index (χ4n) is 1.78. The van der Waals surface area contributed by atoms with Crippen LogP contribution in [0.2, 0.25) is 0 Å². The van der Waals surface area contributed by atoms with Gasteiger partial charge in [-0.1, -0.05) is 18.2 Å². The molecule has 2 rings (SSSR count). The van der Waals surface area contributed by atoms with Gasteiger partial charge in [-0.05, 0) is 58.2 Å². The largest absolute Gasteiger partial charge is 0.484 e. The van der Waals surface area contributed by atoms with Gasteiger partial charge in [0, 0.05) is 11.0 Å². The van der Waals surface area contributed by atoms with Crippen LogP contribution in [0.4, 0.5) is 5.69 Å². The van der Waals surface area contributed by atoms with Crippen molar-refractivity contribution in [3.8, 4) is 5.75 Å². The third kappa shape index (κ3) is 4.58. The van der Waals surface area contributed by atoms with Crippen LogP contribution < -0.4 is 15.8 Å². The summed E-state index contributed by atoms with van der Waals surface area (Å²) in [6.45, 7) is 2.44. The highest BCUT2D eigenvalue weighted by molar-refractivity contribution is 9.10. The fraction of sp³-hybridized carbons (Fsp3) is 0.188. The maximum atomic E-state index is 11.9. The second kappa shape index (κ2) is 7.24. The zero-order chi connectivity index (χ0) is 15.2. The van der Waals surface area contributed by atoms with Crippen LogP contribution in [-0.2, 0) is 11.3 Å². The summed E-state index contributed by atoms with van der Waals surface area (Å²) in [6, 6.07) is 13.1. The lowest BCUT2D eigenvalue weighted by atomic mass is 10.2. The number of hydrogen-bond acceptors (Lipinski definition) is 3. The number of benzene rings is 2. The van der Waals surface area contributed by atoms with Gasteiger partial charge in [-0.2, -0.15) is 0 Å². The first-order valence-corrected chi connectivity index (χ1v) is 7.35. The minimum Gasteiger partial charge on any atom is -0.484 e. The molecule has 2 aromatic carbocycles. The fourth-order valence-corrected chi connectivity index (χ4v) is 2.37. The molecule has 1 amide bonds. The number of rotatable bonds is 5. The van der Waals surface area contributed by atoms with Crippen molar-refractivity contribution in [1.82, 2.24) is 0 Å². The molecular weight excluding hydrogens is 332 g/mol. The first-order chi connectivity index (χ1) is 10.1. The van der Waals surface area contributed by atoms with Gasteiger partial charge in [0.2, 0.25) is 0 Å². The van der Waals surface area contributed by atoms with Crippen LogP contribution in [0.15, 0.2) is 46.9 Å². The van der Waals surface area contributed by atoms with Crippen molar-refractivity contribution in [2.24, 2.45) is 5.73 Å². The van der Waals surface area contributed by atoms with Crippen molar-refractivity contribution in [3.63, 3.8) is 0 Å². The Hall–Kier alpha value is -1.85. The molecule has 0 fully saturated rings. The number of carbonyl (C=O) groups excluding carboxylic acids is 1. The average molecular weight is 349 g/mol. The van der Waals surface area contributed by atoms with E-state index in [1.54, 1.807) is 12.1 Å². The summed E-state index contributed by atoms with van der Waals surface area (Å²) >= 11 is 3.42. The molecule has 0 heterocycles. The molecule has 0 saturated heterocycles. The summed E-state index contributed by atoms with van der Waals surface area (Å²) < 4.78 is 6.29. The van der Waals surface area contributed by atoms with Gasteiger partial charge in [0.25, 0.3) is 5.91 Å². The maximum absolute atomic E-state index is 11.9. The first-order valence-electron chi connectivity index (χ1n) is 6.56. The van der Waals surface area contributed by atoms with Crippen molar-refractivity contribution in [3.05, 3.63) is 58.1 Å². The molecule has 5 heteroatoms. The van der Waals surface area contributed by atoms with Gasteiger partial charge >= 0.3 is 0 Å². The number of ether oxygens (including phenoxy) is 1. The van der Waals surface area contributed by atoms with Gasteiger partial charge in [-0.15, -0.1) is 0 Å². The van der Waals surface area contributed by atoms with Crippen molar-refractivity contribution in [2.75, 3.05) is 11.9 Å². The Morgan fingerprint density at radius 2 is 1.95 bits per heavy atom. The Morgan fingerprint density at radius 3 is 2.57 bits per heavy atom. The van der Waals surface area contributed by atoms with Crippen LogP contribution in [0.1, 0.15) is 11.1 Å². The Kier molecular flexibility index (Phi) is 5.36. The number of aryl methyl sites for hydroxylation is 1. The van der Waals surface area contributed by atoms with Crippen molar-refractivity contribution in [1.29, 1.82) is 0 Å². The van der Waals surface area contributed by atoms with E-state index < -0.39 is 0 Å². The smallest absolute Gasteiger partial charge is 0.262 e. The zero-order valence-corrected chi connectivity index (χ0v) is 13.3. The van der Waals surface area contributed by atoms with E-state index in [1.807, 2.05) is 37.3 Å². The summed E-state index contributed by atoms with van der Waals surface area (Å²) in [4.78, 5) is 11.9. The van der Waals surface area contributed by atoms with Gasteiger partial charge < -0.3 is 15.8 Å². The van der Waals surface area contributed by atoms with Crippen LogP contribution in [0.3, 0.4) is 0 Å². The van der Waals surface area contributed by atoms with Crippen LogP contribution in [0.25, 0.3) is 0 Å². The van der Waals surface area contributed by atoms with E-state index in [1.165, 1.54) is 0 Å². The van der Waals surface area contributed by atoms with Gasteiger partial charge in [0.1, 0.15) is 5.75 Å². The van der Waals surface area contributed by atoms with E-state index >= 15 is 0 Å². The molecule has 0 radical (unpaired) electrons. The zero-order valence-electron chi connectivity index (χ0n) is 11.7. The molecule has 3 N–H and O–H groups in total. The van der Waals surface area contributed by atoms with Gasteiger partial charge in [-0.3, -0.25) is 4.79 Å². The molecule has 0 bridgehead atoms. The van der Waals surface area contributed by atoms with Crippen LogP contribution in [0, 0.1) is 6.92 Å². The third-order valence-electron chi connectivity index (χ3n) is 2.93. The minimum absolute atomic E-state index is 0.0394. The molecule has 0 aromatic heterocycles. The molecule has 0 atom stereocenters. The van der Waals surface area contributed by atoms with Gasteiger partial charge in [0.15, 0.2) is 6.61 Å².